The number of fused-ring (bicyclic) bond motifs is 8. The van der Waals surface area contributed by atoms with Crippen LogP contribution in [0.4, 0.5) is 0 Å². The molecule has 0 saturated heterocycles. The first kappa shape index (κ1) is 44.3. The second-order valence-electron chi connectivity index (χ2n) is 15.3. The van der Waals surface area contributed by atoms with Gasteiger partial charge in [-0.1, -0.05) is 12.1 Å². The van der Waals surface area contributed by atoms with Gasteiger partial charge in [0.15, 0.2) is 0 Å². The van der Waals surface area contributed by atoms with Crippen LogP contribution in [0.1, 0.15) is 22.8 Å². The summed E-state index contributed by atoms with van der Waals surface area (Å²) in [5.74, 6) is 1.47. The summed E-state index contributed by atoms with van der Waals surface area (Å²) in [6.45, 7) is 6.12. The average molecular weight is 889 g/mol. The van der Waals surface area contributed by atoms with Crippen LogP contribution in [0.25, 0.3) is 91.7 Å². The lowest BCUT2D eigenvalue weighted by Crippen LogP contribution is -2.12. The van der Waals surface area contributed by atoms with Gasteiger partial charge in [0.05, 0.1) is 133 Å². The molecular formula is C50H52N10O6. The third-order valence-corrected chi connectivity index (χ3v) is 11.0. The fourth-order valence-electron chi connectivity index (χ4n) is 7.93. The van der Waals surface area contributed by atoms with Gasteiger partial charge >= 0.3 is 0 Å². The van der Waals surface area contributed by atoms with E-state index in [9.17, 15) is 0 Å². The summed E-state index contributed by atoms with van der Waals surface area (Å²) in [4.78, 5) is 37.8. The molecule has 7 aromatic rings. The van der Waals surface area contributed by atoms with Crippen LogP contribution < -0.4 is 0 Å². The Morgan fingerprint density at radius 3 is 1.18 bits per heavy atom. The molecule has 9 heterocycles. The molecule has 0 spiro atoms. The van der Waals surface area contributed by atoms with E-state index in [0.29, 0.717) is 79.2 Å². The molecule has 66 heavy (non-hydrogen) atoms. The van der Waals surface area contributed by atoms with Crippen molar-refractivity contribution in [3.8, 4) is 45.3 Å². The first-order chi connectivity index (χ1) is 32.7. The summed E-state index contributed by atoms with van der Waals surface area (Å²) in [5, 5.41) is 0. The molecule has 0 atom stereocenters. The molecule has 0 unspecified atom stereocenters. The Kier molecular flexibility index (Phi) is 14.7. The molecule has 338 valence electrons. The van der Waals surface area contributed by atoms with Gasteiger partial charge in [-0.15, -0.1) is 0 Å². The maximum Gasteiger partial charge on any atom is 0.144 e. The third-order valence-electron chi connectivity index (χ3n) is 11.0. The Morgan fingerprint density at radius 2 is 0.788 bits per heavy atom. The average Bonchev–Trinajstić information content (AvgIpc) is 4.22. The van der Waals surface area contributed by atoms with E-state index in [1.54, 1.807) is 26.6 Å². The number of ether oxygens (including phenoxy) is 6. The molecule has 0 fully saturated rings. The molecule has 0 aromatic carbocycles. The topological polar surface area (TPSA) is 174 Å². The summed E-state index contributed by atoms with van der Waals surface area (Å²) < 4.78 is 37.5. The van der Waals surface area contributed by atoms with Gasteiger partial charge in [0.2, 0.25) is 0 Å². The number of hydrogen-bond donors (Lipinski definition) is 2. The smallest absolute Gasteiger partial charge is 0.144 e. The van der Waals surface area contributed by atoms with Crippen molar-refractivity contribution in [3.63, 3.8) is 0 Å². The minimum Gasteiger partial charge on any atom is -0.382 e. The highest BCUT2D eigenvalue weighted by atomic mass is 16.5. The molecule has 0 amide bonds. The number of H-pyrrole nitrogens is 2. The van der Waals surface area contributed by atoms with E-state index in [1.165, 1.54) is 0 Å². The fraction of sp³-hybridized carbons (Fsp3) is 0.280. The SMILES string of the molecule is COCCOCCOCCn1ccnc1-c1c2nc(c(-c3ccccn3)c3ccc([nH]3)c(-c3nccn3CCOCCOCCOC)c3nc(c(-c4ccccn4)c4ccc1[nH]4)C=C3)C=C2. The lowest BCUT2D eigenvalue weighted by Gasteiger charge is -2.10. The minimum absolute atomic E-state index is 0.466. The Balaban J connectivity index is 1.21. The van der Waals surface area contributed by atoms with Crippen molar-refractivity contribution < 1.29 is 28.4 Å². The number of rotatable bonds is 22. The number of imidazole rings is 2. The monoisotopic (exact) mass is 888 g/mol. The van der Waals surface area contributed by atoms with Crippen molar-refractivity contribution in [2.45, 2.75) is 13.1 Å². The molecular weight excluding hydrogens is 837 g/mol. The van der Waals surface area contributed by atoms with Gasteiger partial charge in [0.1, 0.15) is 11.6 Å². The molecule has 8 bridgehead atoms. The standard InChI is InChI=1S/C50H52N10O6/c1-61-27-29-65-33-31-63-25-23-59-21-19-53-49(59)47-41-13-9-37(55-41)45(35-7-3-5-17-51-35)39-11-15-43(57-39)48(50-54-20-22-60(50)24-26-64-32-34-66-30-28-62-2)44-16-12-40(58-44)46(36-8-4-6-18-52-36)38-10-14-42(47)56-38/h3-22,55,58H,23-34H2,1-2H3. The summed E-state index contributed by atoms with van der Waals surface area (Å²) in [7, 11) is 3.32. The maximum absolute atomic E-state index is 5.98. The van der Waals surface area contributed by atoms with E-state index in [4.69, 9.17) is 58.3 Å². The van der Waals surface area contributed by atoms with Gasteiger partial charge in [0, 0.05) is 75.6 Å². The molecule has 2 aliphatic heterocycles. The maximum atomic E-state index is 5.98. The van der Waals surface area contributed by atoms with E-state index >= 15 is 0 Å². The van der Waals surface area contributed by atoms with E-state index in [2.05, 4.69) is 43.4 Å². The highest BCUT2D eigenvalue weighted by Crippen LogP contribution is 2.37. The zero-order chi connectivity index (χ0) is 44.9. The number of nitrogens with zero attached hydrogens (tertiary/aromatic N) is 8. The van der Waals surface area contributed by atoms with Gasteiger partial charge in [0.25, 0.3) is 0 Å². The molecule has 7 aromatic heterocycles. The van der Waals surface area contributed by atoms with Crippen molar-refractivity contribution in [2.24, 2.45) is 0 Å². The van der Waals surface area contributed by atoms with Crippen LogP contribution >= 0.6 is 0 Å². The first-order valence-electron chi connectivity index (χ1n) is 22.0. The lowest BCUT2D eigenvalue weighted by molar-refractivity contribution is 0.0231. The van der Waals surface area contributed by atoms with Gasteiger partial charge in [-0.25, -0.2) is 19.9 Å². The van der Waals surface area contributed by atoms with E-state index in [-0.39, 0.29) is 0 Å². The zero-order valence-corrected chi connectivity index (χ0v) is 37.1. The van der Waals surface area contributed by atoms with Gasteiger partial charge in [-0.3, -0.25) is 9.97 Å². The highest BCUT2D eigenvalue weighted by molar-refractivity contribution is 5.98. The summed E-state index contributed by atoms with van der Waals surface area (Å²) in [6.07, 6.45) is 19.3. The molecule has 9 rings (SSSR count). The van der Waals surface area contributed by atoms with Gasteiger partial charge in [-0.05, 0) is 72.8 Å². The van der Waals surface area contributed by atoms with Crippen LogP contribution in [-0.4, -0.2) is 129 Å². The molecule has 16 nitrogen and oxygen atoms in total. The first-order valence-corrected chi connectivity index (χ1v) is 22.0. The number of methoxy groups -OCH3 is 2. The Bertz CT molecular complexity index is 2740. The quantitative estimate of drug-likeness (QED) is 0.0632. The minimum atomic E-state index is 0.466. The molecule has 2 aliphatic rings. The predicted molar refractivity (Wildman–Crippen MR) is 255 cm³/mol. The normalized spacial score (nSPS) is 12.2. The lowest BCUT2D eigenvalue weighted by atomic mass is 10.1. The predicted octanol–water partition coefficient (Wildman–Crippen LogP) is 7.87. The third kappa shape index (κ3) is 10.1. The molecule has 16 heteroatoms. The van der Waals surface area contributed by atoms with E-state index < -0.39 is 0 Å². The van der Waals surface area contributed by atoms with Crippen molar-refractivity contribution in [3.05, 3.63) is 121 Å². The zero-order valence-electron chi connectivity index (χ0n) is 37.1. The molecule has 2 N–H and O–H groups in total. The second kappa shape index (κ2) is 21.8. The molecule has 0 saturated carbocycles. The van der Waals surface area contributed by atoms with Gasteiger partial charge < -0.3 is 47.5 Å². The Hall–Kier alpha value is -6.92. The van der Waals surface area contributed by atoms with E-state index in [0.717, 1.165) is 90.1 Å². The summed E-state index contributed by atoms with van der Waals surface area (Å²) in [6, 6.07) is 20.1. The van der Waals surface area contributed by atoms with Crippen LogP contribution in [0.2, 0.25) is 0 Å². The molecule has 0 aliphatic carbocycles. The molecule has 0 radical (unpaired) electrons. The van der Waals surface area contributed by atoms with Crippen LogP contribution in [0.3, 0.4) is 0 Å². The van der Waals surface area contributed by atoms with Gasteiger partial charge in [-0.2, -0.15) is 0 Å². The van der Waals surface area contributed by atoms with Crippen molar-refractivity contribution in [1.82, 2.24) is 49.0 Å². The van der Waals surface area contributed by atoms with Crippen molar-refractivity contribution in [2.75, 3.05) is 80.3 Å². The number of nitrogens with one attached hydrogen (secondary N) is 2. The number of aromatic amines is 2. The highest BCUT2D eigenvalue weighted by Gasteiger charge is 2.22. The van der Waals surface area contributed by atoms with Crippen LogP contribution in [0.5, 0.6) is 0 Å². The Labute approximate surface area is 382 Å². The summed E-state index contributed by atoms with van der Waals surface area (Å²) >= 11 is 0. The second-order valence-corrected chi connectivity index (χ2v) is 15.3. The number of aromatic nitrogens is 10. The number of hydrogen-bond acceptors (Lipinski definition) is 12. The van der Waals surface area contributed by atoms with Crippen LogP contribution in [0, 0.1) is 0 Å². The van der Waals surface area contributed by atoms with Crippen LogP contribution in [-0.2, 0) is 41.5 Å². The van der Waals surface area contributed by atoms with Crippen molar-refractivity contribution >= 4 is 46.4 Å². The van der Waals surface area contributed by atoms with Crippen molar-refractivity contribution in [1.29, 1.82) is 0 Å². The Morgan fingerprint density at radius 1 is 0.409 bits per heavy atom. The fourth-order valence-corrected chi connectivity index (χ4v) is 7.93. The largest absolute Gasteiger partial charge is 0.382 e. The summed E-state index contributed by atoms with van der Waals surface area (Å²) in [5.41, 5.74) is 11.1. The number of pyridine rings is 2. The van der Waals surface area contributed by atoms with Crippen LogP contribution in [0.15, 0.2) is 97.8 Å². The van der Waals surface area contributed by atoms with E-state index in [1.807, 2.05) is 85.5 Å².